The molecular weight excluding hydrogens is 402 g/mol. The van der Waals surface area contributed by atoms with Crippen molar-refractivity contribution < 1.29 is 17.9 Å². The molecular formula is C22H29N3O4S. The van der Waals surface area contributed by atoms with Gasteiger partial charge >= 0.3 is 6.09 Å². The largest absolute Gasteiger partial charge is 0.444 e. The molecule has 2 aromatic carbocycles. The summed E-state index contributed by atoms with van der Waals surface area (Å²) in [7, 11) is -3.70. The van der Waals surface area contributed by atoms with Gasteiger partial charge in [0.2, 0.25) is 0 Å². The van der Waals surface area contributed by atoms with Gasteiger partial charge in [0.25, 0.3) is 10.0 Å². The molecule has 1 heterocycles. The molecule has 0 aliphatic carbocycles. The lowest BCUT2D eigenvalue weighted by molar-refractivity contribution is 0.0240. The third-order valence-corrected chi connectivity index (χ3v) is 6.13. The van der Waals surface area contributed by atoms with E-state index in [2.05, 4.69) is 9.62 Å². The maximum Gasteiger partial charge on any atom is 0.410 e. The van der Waals surface area contributed by atoms with Gasteiger partial charge in [0.15, 0.2) is 0 Å². The molecule has 0 aromatic heterocycles. The smallest absolute Gasteiger partial charge is 0.410 e. The van der Waals surface area contributed by atoms with Crippen molar-refractivity contribution in [3.05, 3.63) is 54.1 Å². The van der Waals surface area contributed by atoms with Crippen molar-refractivity contribution in [1.82, 2.24) is 4.90 Å². The topological polar surface area (TPSA) is 79.0 Å². The summed E-state index contributed by atoms with van der Waals surface area (Å²) in [5, 5.41) is 0. The fraction of sp³-hybridized carbons (Fsp3) is 0.409. The molecule has 162 valence electrons. The van der Waals surface area contributed by atoms with Crippen LogP contribution in [0.1, 0.15) is 26.3 Å². The van der Waals surface area contributed by atoms with E-state index in [9.17, 15) is 13.2 Å². The number of sulfonamides is 1. The van der Waals surface area contributed by atoms with Crippen LogP contribution in [0.5, 0.6) is 0 Å². The van der Waals surface area contributed by atoms with Crippen molar-refractivity contribution in [2.24, 2.45) is 0 Å². The first-order chi connectivity index (χ1) is 14.0. The fourth-order valence-electron chi connectivity index (χ4n) is 3.21. The molecule has 1 fully saturated rings. The molecule has 1 saturated heterocycles. The Kier molecular flexibility index (Phi) is 6.26. The zero-order chi connectivity index (χ0) is 21.9. The Bertz CT molecular complexity index is 990. The number of nitrogens with zero attached hydrogens (tertiary/aromatic N) is 2. The molecule has 2 aromatic rings. The van der Waals surface area contributed by atoms with Gasteiger partial charge in [0.05, 0.1) is 16.3 Å². The van der Waals surface area contributed by atoms with E-state index in [1.165, 1.54) is 0 Å². The Hall–Kier alpha value is -2.74. The number of anilines is 2. The maximum absolute atomic E-state index is 12.8. The standard InChI is InChI=1S/C22H29N3O4S/c1-17-9-11-18(12-10-17)30(27,28)23-19-7-5-6-8-20(19)24-13-15-25(16-14-24)21(26)29-22(2,3)4/h5-12,23H,13-16H2,1-4H3. The van der Waals surface area contributed by atoms with E-state index in [1.807, 2.05) is 39.8 Å². The van der Waals surface area contributed by atoms with E-state index < -0.39 is 15.6 Å². The monoisotopic (exact) mass is 431 g/mol. The Balaban J connectivity index is 1.72. The number of carbonyl (C=O) groups excluding carboxylic acids is 1. The van der Waals surface area contributed by atoms with E-state index >= 15 is 0 Å². The molecule has 0 spiro atoms. The third-order valence-electron chi connectivity index (χ3n) is 4.75. The summed E-state index contributed by atoms with van der Waals surface area (Å²) >= 11 is 0. The van der Waals surface area contributed by atoms with E-state index in [-0.39, 0.29) is 11.0 Å². The lowest BCUT2D eigenvalue weighted by atomic mass is 10.2. The van der Waals surface area contributed by atoms with Crippen molar-refractivity contribution in [2.45, 2.75) is 38.2 Å². The molecule has 1 amide bonds. The molecule has 0 radical (unpaired) electrons. The molecule has 0 bridgehead atoms. The second-order valence-electron chi connectivity index (χ2n) is 8.39. The van der Waals surface area contributed by atoms with Crippen LogP contribution in [0.2, 0.25) is 0 Å². The molecule has 0 unspecified atom stereocenters. The van der Waals surface area contributed by atoms with Gasteiger partial charge in [-0.2, -0.15) is 0 Å². The van der Waals surface area contributed by atoms with Gasteiger partial charge in [-0.15, -0.1) is 0 Å². The van der Waals surface area contributed by atoms with Gasteiger partial charge < -0.3 is 14.5 Å². The number of aryl methyl sites for hydroxylation is 1. The molecule has 8 heteroatoms. The van der Waals surface area contributed by atoms with Gasteiger partial charge in [0, 0.05) is 26.2 Å². The highest BCUT2D eigenvalue weighted by Gasteiger charge is 2.27. The molecule has 30 heavy (non-hydrogen) atoms. The van der Waals surface area contributed by atoms with E-state index in [0.717, 1.165) is 11.3 Å². The molecule has 1 aliphatic rings. The van der Waals surface area contributed by atoms with Crippen LogP contribution >= 0.6 is 0 Å². The number of ether oxygens (including phenoxy) is 1. The first-order valence-corrected chi connectivity index (χ1v) is 11.4. The number of benzene rings is 2. The SMILES string of the molecule is Cc1ccc(S(=O)(=O)Nc2ccccc2N2CCN(C(=O)OC(C)(C)C)CC2)cc1. The van der Waals surface area contributed by atoms with Gasteiger partial charge in [-0.25, -0.2) is 13.2 Å². The molecule has 0 saturated carbocycles. The summed E-state index contributed by atoms with van der Waals surface area (Å²) in [6.07, 6.45) is -0.324. The predicted octanol–water partition coefficient (Wildman–Crippen LogP) is 3.85. The Morgan fingerprint density at radius 1 is 0.967 bits per heavy atom. The Morgan fingerprint density at radius 2 is 1.57 bits per heavy atom. The van der Waals surface area contributed by atoms with Crippen molar-refractivity contribution in [3.63, 3.8) is 0 Å². The number of piperazine rings is 1. The van der Waals surface area contributed by atoms with Crippen LogP contribution in [0, 0.1) is 6.92 Å². The number of carbonyl (C=O) groups is 1. The van der Waals surface area contributed by atoms with Crippen LogP contribution in [-0.4, -0.2) is 51.2 Å². The predicted molar refractivity (Wildman–Crippen MR) is 118 cm³/mol. The molecule has 0 atom stereocenters. The fourth-order valence-corrected chi connectivity index (χ4v) is 4.29. The average molecular weight is 432 g/mol. The molecule has 1 N–H and O–H groups in total. The molecule has 3 rings (SSSR count). The zero-order valence-electron chi connectivity index (χ0n) is 17.9. The maximum atomic E-state index is 12.8. The number of hydrogen-bond acceptors (Lipinski definition) is 5. The highest BCUT2D eigenvalue weighted by molar-refractivity contribution is 7.92. The van der Waals surface area contributed by atoms with E-state index in [4.69, 9.17) is 4.74 Å². The minimum Gasteiger partial charge on any atom is -0.444 e. The van der Waals surface area contributed by atoms with Gasteiger partial charge in [-0.3, -0.25) is 4.72 Å². The van der Waals surface area contributed by atoms with Crippen LogP contribution < -0.4 is 9.62 Å². The average Bonchev–Trinajstić information content (AvgIpc) is 2.67. The van der Waals surface area contributed by atoms with Gasteiger partial charge in [-0.05, 0) is 52.0 Å². The van der Waals surface area contributed by atoms with E-state index in [0.29, 0.717) is 31.9 Å². The minimum absolute atomic E-state index is 0.220. The zero-order valence-corrected chi connectivity index (χ0v) is 18.7. The molecule has 7 nitrogen and oxygen atoms in total. The number of rotatable bonds is 4. The summed E-state index contributed by atoms with van der Waals surface area (Å²) in [6.45, 7) is 9.63. The third kappa shape index (κ3) is 5.44. The number of amides is 1. The van der Waals surface area contributed by atoms with Crippen LogP contribution in [0.3, 0.4) is 0 Å². The lowest BCUT2D eigenvalue weighted by Gasteiger charge is -2.37. The number of hydrogen-bond donors (Lipinski definition) is 1. The van der Waals surface area contributed by atoms with Crippen LogP contribution in [0.15, 0.2) is 53.4 Å². The van der Waals surface area contributed by atoms with Crippen LogP contribution in [0.25, 0.3) is 0 Å². The Morgan fingerprint density at radius 3 is 2.17 bits per heavy atom. The van der Waals surface area contributed by atoms with Crippen molar-refractivity contribution >= 4 is 27.5 Å². The van der Waals surface area contributed by atoms with Gasteiger partial charge in [-0.1, -0.05) is 29.8 Å². The van der Waals surface area contributed by atoms with Crippen LogP contribution in [-0.2, 0) is 14.8 Å². The minimum atomic E-state index is -3.70. The highest BCUT2D eigenvalue weighted by atomic mass is 32.2. The van der Waals surface area contributed by atoms with Gasteiger partial charge in [0.1, 0.15) is 5.60 Å². The second kappa shape index (κ2) is 8.55. The van der Waals surface area contributed by atoms with Crippen molar-refractivity contribution in [2.75, 3.05) is 35.8 Å². The van der Waals surface area contributed by atoms with Crippen molar-refractivity contribution in [3.8, 4) is 0 Å². The Labute approximate surface area is 178 Å². The summed E-state index contributed by atoms with van der Waals surface area (Å²) in [6, 6.07) is 14.1. The second-order valence-corrected chi connectivity index (χ2v) is 10.1. The molecule has 1 aliphatic heterocycles. The highest BCUT2D eigenvalue weighted by Crippen LogP contribution is 2.29. The number of nitrogens with one attached hydrogen (secondary N) is 1. The summed E-state index contributed by atoms with van der Waals surface area (Å²) in [5.74, 6) is 0. The quantitative estimate of drug-likeness (QED) is 0.795. The van der Waals surface area contributed by atoms with E-state index in [1.54, 1.807) is 41.3 Å². The summed E-state index contributed by atoms with van der Waals surface area (Å²) < 4.78 is 33.8. The van der Waals surface area contributed by atoms with Crippen molar-refractivity contribution in [1.29, 1.82) is 0 Å². The first kappa shape index (κ1) is 22.0. The number of para-hydroxylation sites is 2. The first-order valence-electron chi connectivity index (χ1n) is 9.96. The summed E-state index contributed by atoms with van der Waals surface area (Å²) in [5.41, 5.74) is 1.77. The summed E-state index contributed by atoms with van der Waals surface area (Å²) in [4.78, 5) is 16.3. The van der Waals surface area contributed by atoms with Crippen LogP contribution in [0.4, 0.5) is 16.2 Å². The normalized spacial score (nSPS) is 15.1. The lowest BCUT2D eigenvalue weighted by Crippen LogP contribution is -2.50.